The molecular weight excluding hydrogens is 202 g/mol. The van der Waals surface area contributed by atoms with Gasteiger partial charge in [0.25, 0.3) is 0 Å². The highest BCUT2D eigenvalue weighted by atomic mass is 16.5. The maximum absolute atomic E-state index is 5.18. The largest absolute Gasteiger partial charge is 0.383 e. The Labute approximate surface area is 98.0 Å². The van der Waals surface area contributed by atoms with E-state index in [9.17, 15) is 0 Å². The van der Waals surface area contributed by atoms with Gasteiger partial charge in [0, 0.05) is 26.4 Å². The number of hydrogen-bond acceptors (Lipinski definition) is 3. The van der Waals surface area contributed by atoms with Crippen molar-refractivity contribution in [2.75, 3.05) is 20.3 Å². The molecule has 1 rings (SSSR count). The average molecular weight is 225 g/mol. The second kappa shape index (κ2) is 7.41. The highest BCUT2D eigenvalue weighted by molar-refractivity contribution is 5.03. The van der Waals surface area contributed by atoms with Gasteiger partial charge in [-0.1, -0.05) is 6.92 Å². The fourth-order valence-electron chi connectivity index (χ4n) is 1.89. The molecule has 0 radical (unpaired) electrons. The predicted molar refractivity (Wildman–Crippen MR) is 65.5 cm³/mol. The molecule has 1 unspecified atom stereocenters. The highest BCUT2D eigenvalue weighted by Gasteiger charge is 2.06. The van der Waals surface area contributed by atoms with E-state index in [1.807, 2.05) is 17.9 Å². The predicted octanol–water partition coefficient (Wildman–Crippen LogP) is 1.37. The van der Waals surface area contributed by atoms with Gasteiger partial charge in [-0.25, -0.2) is 0 Å². The van der Waals surface area contributed by atoms with Crippen LogP contribution in [0.1, 0.15) is 25.3 Å². The minimum atomic E-state index is 0.478. The molecule has 0 saturated carbocycles. The van der Waals surface area contributed by atoms with Gasteiger partial charge in [-0.2, -0.15) is 5.10 Å². The monoisotopic (exact) mass is 225 g/mol. The third kappa shape index (κ3) is 4.77. The molecule has 0 aliphatic heterocycles. The van der Waals surface area contributed by atoms with E-state index in [-0.39, 0.29) is 0 Å². The van der Waals surface area contributed by atoms with Crippen LogP contribution in [0.25, 0.3) is 0 Å². The van der Waals surface area contributed by atoms with Gasteiger partial charge in [0.15, 0.2) is 0 Å². The van der Waals surface area contributed by atoms with Gasteiger partial charge in [0.2, 0.25) is 0 Å². The lowest BCUT2D eigenvalue weighted by Crippen LogP contribution is -2.33. The van der Waals surface area contributed by atoms with E-state index >= 15 is 0 Å². The fraction of sp³-hybridized carbons (Fsp3) is 0.750. The summed E-state index contributed by atoms with van der Waals surface area (Å²) < 4.78 is 7.04. The molecule has 0 amide bonds. The molecule has 16 heavy (non-hydrogen) atoms. The van der Waals surface area contributed by atoms with Crippen molar-refractivity contribution in [1.29, 1.82) is 0 Å². The molecule has 92 valence electrons. The summed E-state index contributed by atoms with van der Waals surface area (Å²) in [6, 6.07) is 0.478. The molecule has 4 heteroatoms. The fourth-order valence-corrected chi connectivity index (χ4v) is 1.89. The molecule has 0 fully saturated rings. The van der Waals surface area contributed by atoms with Crippen LogP contribution < -0.4 is 5.32 Å². The van der Waals surface area contributed by atoms with Crippen LogP contribution in [0.15, 0.2) is 12.4 Å². The third-order valence-corrected chi connectivity index (χ3v) is 2.64. The van der Waals surface area contributed by atoms with Crippen LogP contribution in [0.5, 0.6) is 0 Å². The Morgan fingerprint density at radius 2 is 2.38 bits per heavy atom. The third-order valence-electron chi connectivity index (χ3n) is 2.64. The Morgan fingerprint density at radius 1 is 1.56 bits per heavy atom. The second-order valence-electron chi connectivity index (χ2n) is 4.12. The molecule has 0 bridgehead atoms. The standard InChI is InChI=1S/C12H23N3O/c1-4-13-12(10-16-3)7-5-6-11-8-14-15(2)9-11/h8-9,12-13H,4-7,10H2,1-3H3. The molecule has 0 aliphatic carbocycles. The lowest BCUT2D eigenvalue weighted by atomic mass is 10.1. The normalized spacial score (nSPS) is 12.9. The van der Waals surface area contributed by atoms with Crippen molar-refractivity contribution in [3.63, 3.8) is 0 Å². The molecule has 0 aromatic carbocycles. The zero-order valence-corrected chi connectivity index (χ0v) is 10.6. The van der Waals surface area contributed by atoms with Crippen molar-refractivity contribution in [2.24, 2.45) is 7.05 Å². The summed E-state index contributed by atoms with van der Waals surface area (Å²) in [4.78, 5) is 0. The van der Waals surface area contributed by atoms with Crippen LogP contribution in [-0.2, 0) is 18.2 Å². The molecule has 1 heterocycles. The van der Waals surface area contributed by atoms with Gasteiger partial charge in [-0.15, -0.1) is 0 Å². The maximum atomic E-state index is 5.18. The van der Waals surface area contributed by atoms with Crippen LogP contribution in [0.4, 0.5) is 0 Å². The number of aryl methyl sites for hydroxylation is 2. The lowest BCUT2D eigenvalue weighted by Gasteiger charge is -2.16. The average Bonchev–Trinajstić information content (AvgIpc) is 2.65. The first-order valence-corrected chi connectivity index (χ1v) is 5.96. The van der Waals surface area contributed by atoms with Gasteiger partial charge in [-0.05, 0) is 31.4 Å². The summed E-state index contributed by atoms with van der Waals surface area (Å²) in [7, 11) is 3.71. The smallest absolute Gasteiger partial charge is 0.0615 e. The van der Waals surface area contributed by atoms with E-state index in [1.54, 1.807) is 7.11 Å². The summed E-state index contributed by atoms with van der Waals surface area (Å²) in [6.07, 6.45) is 7.44. The Morgan fingerprint density at radius 3 is 2.94 bits per heavy atom. The van der Waals surface area contributed by atoms with E-state index in [1.165, 1.54) is 12.0 Å². The first kappa shape index (κ1) is 13.2. The summed E-state index contributed by atoms with van der Waals surface area (Å²) >= 11 is 0. The van der Waals surface area contributed by atoms with Crippen molar-refractivity contribution in [3.05, 3.63) is 18.0 Å². The van der Waals surface area contributed by atoms with Crippen LogP contribution in [0.3, 0.4) is 0 Å². The number of aromatic nitrogens is 2. The topological polar surface area (TPSA) is 39.1 Å². The molecule has 0 aliphatic rings. The molecule has 0 saturated heterocycles. The van der Waals surface area contributed by atoms with Crippen molar-refractivity contribution in [3.8, 4) is 0 Å². The lowest BCUT2D eigenvalue weighted by molar-refractivity contribution is 0.162. The molecule has 1 atom stereocenters. The van der Waals surface area contributed by atoms with Crippen molar-refractivity contribution in [2.45, 2.75) is 32.2 Å². The number of hydrogen-bond donors (Lipinski definition) is 1. The SMILES string of the molecule is CCNC(CCCc1cnn(C)c1)COC. The van der Waals surface area contributed by atoms with Crippen LogP contribution in [0, 0.1) is 0 Å². The molecule has 1 N–H and O–H groups in total. The number of nitrogens with one attached hydrogen (secondary N) is 1. The molecule has 0 spiro atoms. The van der Waals surface area contributed by atoms with E-state index in [4.69, 9.17) is 4.74 Å². The number of rotatable bonds is 8. The molecule has 1 aromatic heterocycles. The van der Waals surface area contributed by atoms with Crippen LogP contribution in [0.2, 0.25) is 0 Å². The summed E-state index contributed by atoms with van der Waals surface area (Å²) in [5.74, 6) is 0. The van der Waals surface area contributed by atoms with Gasteiger partial charge < -0.3 is 10.1 Å². The van der Waals surface area contributed by atoms with Crippen LogP contribution >= 0.6 is 0 Å². The van der Waals surface area contributed by atoms with Gasteiger partial charge >= 0.3 is 0 Å². The van der Waals surface area contributed by atoms with E-state index < -0.39 is 0 Å². The first-order chi connectivity index (χ1) is 7.76. The van der Waals surface area contributed by atoms with Crippen molar-refractivity contribution >= 4 is 0 Å². The summed E-state index contributed by atoms with van der Waals surface area (Å²) in [5, 5.41) is 7.59. The van der Waals surface area contributed by atoms with E-state index in [0.29, 0.717) is 6.04 Å². The minimum absolute atomic E-state index is 0.478. The van der Waals surface area contributed by atoms with Gasteiger partial charge in [0.1, 0.15) is 0 Å². The summed E-state index contributed by atoms with van der Waals surface area (Å²) in [5.41, 5.74) is 1.31. The van der Waals surface area contributed by atoms with Crippen molar-refractivity contribution < 1.29 is 4.74 Å². The maximum Gasteiger partial charge on any atom is 0.0615 e. The van der Waals surface area contributed by atoms with E-state index in [2.05, 4.69) is 23.5 Å². The first-order valence-electron chi connectivity index (χ1n) is 5.96. The Kier molecular flexibility index (Phi) is 6.11. The number of methoxy groups -OCH3 is 1. The van der Waals surface area contributed by atoms with Crippen molar-refractivity contribution in [1.82, 2.24) is 15.1 Å². The highest BCUT2D eigenvalue weighted by Crippen LogP contribution is 2.06. The zero-order valence-electron chi connectivity index (χ0n) is 10.6. The Bertz CT molecular complexity index is 280. The Balaban J connectivity index is 2.21. The number of ether oxygens (including phenoxy) is 1. The van der Waals surface area contributed by atoms with Gasteiger partial charge in [0.05, 0.1) is 12.8 Å². The molecular formula is C12H23N3O. The summed E-state index contributed by atoms with van der Waals surface area (Å²) in [6.45, 7) is 3.92. The van der Waals surface area contributed by atoms with Gasteiger partial charge in [-0.3, -0.25) is 4.68 Å². The van der Waals surface area contributed by atoms with Crippen LogP contribution in [-0.4, -0.2) is 36.1 Å². The minimum Gasteiger partial charge on any atom is -0.383 e. The van der Waals surface area contributed by atoms with E-state index in [0.717, 1.165) is 26.0 Å². The molecule has 1 aromatic rings. The second-order valence-corrected chi connectivity index (χ2v) is 4.12. The number of likely N-dealkylation sites (N-methyl/N-ethyl adjacent to an activating group) is 1. The zero-order chi connectivity index (χ0) is 11.8. The molecule has 4 nitrogen and oxygen atoms in total. The Hall–Kier alpha value is -0.870. The quantitative estimate of drug-likeness (QED) is 0.726. The number of nitrogens with zero attached hydrogens (tertiary/aromatic N) is 2.